The molecule has 9 heteroatoms. The molecule has 40 heavy (non-hydrogen) atoms. The Morgan fingerprint density at radius 3 is 2.33 bits per heavy atom. The highest BCUT2D eigenvalue weighted by Gasteiger charge is 2.29. The zero-order valence-electron chi connectivity index (χ0n) is 23.5. The van der Waals surface area contributed by atoms with Gasteiger partial charge in [0, 0.05) is 30.1 Å². The molecule has 1 aliphatic rings. The van der Waals surface area contributed by atoms with Gasteiger partial charge >= 0.3 is 11.9 Å². The van der Waals surface area contributed by atoms with E-state index in [1.807, 2.05) is 30.3 Å². The first-order chi connectivity index (χ1) is 19.2. The summed E-state index contributed by atoms with van der Waals surface area (Å²) in [5, 5.41) is 33.5. The number of carboxylic acids is 2. The minimum absolute atomic E-state index is 0.242. The standard InChI is InChI=1S/C27H38N2O.C4H6O6/c1-3-5-6-7-8-11-19-29-20-17-23(22(4-2)21-29)14-15-27(30)25-16-18-28-26-13-10-9-12-24(25)26;5-1(3(7)8)2(6)4(9)10/h4,9-10,12-13,16,18,22-23H,2-3,5-8,11,14-15,17,19-21H2,1H3;1-2,5-6H,(H,7,8)(H,9,10)/t22-,23+;/m0./s1. The fraction of sp³-hybridized carbons (Fsp3) is 0.548. The molecule has 2 heterocycles. The largest absolute Gasteiger partial charge is 0.479 e. The second-order valence-corrected chi connectivity index (χ2v) is 10.4. The number of pyridine rings is 1. The normalized spacial score (nSPS) is 18.8. The number of Topliss-reactive ketones (excluding diaryl/α,β-unsaturated/α-hetero) is 1. The molecule has 0 radical (unpaired) electrons. The zero-order valence-corrected chi connectivity index (χ0v) is 23.5. The van der Waals surface area contributed by atoms with Gasteiger partial charge in [0.2, 0.25) is 0 Å². The van der Waals surface area contributed by atoms with Crippen LogP contribution in [-0.4, -0.2) is 79.9 Å². The average Bonchev–Trinajstić information content (AvgIpc) is 2.96. The lowest BCUT2D eigenvalue weighted by Gasteiger charge is -2.37. The lowest BCUT2D eigenvalue weighted by Crippen LogP contribution is -2.40. The van der Waals surface area contributed by atoms with E-state index < -0.39 is 24.1 Å². The Labute approximate surface area is 236 Å². The molecule has 1 aliphatic heterocycles. The minimum Gasteiger partial charge on any atom is -0.479 e. The summed E-state index contributed by atoms with van der Waals surface area (Å²) in [6.07, 6.45) is 10.2. The molecule has 9 nitrogen and oxygen atoms in total. The first-order valence-corrected chi connectivity index (χ1v) is 14.2. The molecule has 2 aromatic rings. The maximum Gasteiger partial charge on any atom is 0.335 e. The van der Waals surface area contributed by atoms with Crippen LogP contribution in [0.1, 0.15) is 75.1 Å². The number of piperidine rings is 1. The molecule has 0 amide bonds. The number of unbranched alkanes of at least 4 members (excludes halogenated alkanes) is 5. The van der Waals surface area contributed by atoms with Crippen LogP contribution in [0.2, 0.25) is 0 Å². The van der Waals surface area contributed by atoms with Crippen molar-refractivity contribution >= 4 is 28.6 Å². The van der Waals surface area contributed by atoms with Crippen molar-refractivity contribution in [3.63, 3.8) is 0 Å². The summed E-state index contributed by atoms with van der Waals surface area (Å²) in [7, 11) is 0. The molecule has 1 aromatic heterocycles. The Bertz CT molecular complexity index is 1080. The van der Waals surface area contributed by atoms with E-state index in [2.05, 4.69) is 29.5 Å². The van der Waals surface area contributed by atoms with Crippen molar-refractivity contribution in [3.05, 3.63) is 54.7 Å². The van der Waals surface area contributed by atoms with Crippen LogP contribution < -0.4 is 0 Å². The third-order valence-electron chi connectivity index (χ3n) is 7.52. The fourth-order valence-corrected chi connectivity index (χ4v) is 5.11. The number of carbonyl (C=O) groups excluding carboxylic acids is 1. The maximum absolute atomic E-state index is 12.9. The Hall–Kier alpha value is -3.14. The van der Waals surface area contributed by atoms with Crippen LogP contribution >= 0.6 is 0 Å². The molecule has 220 valence electrons. The predicted molar refractivity (Wildman–Crippen MR) is 154 cm³/mol. The number of likely N-dealkylation sites (tertiary alicyclic amines) is 1. The van der Waals surface area contributed by atoms with E-state index >= 15 is 0 Å². The Kier molecular flexibility index (Phi) is 14.5. The number of hydrogen-bond donors (Lipinski definition) is 4. The van der Waals surface area contributed by atoms with Crippen LogP contribution in [0.3, 0.4) is 0 Å². The van der Waals surface area contributed by atoms with Crippen LogP contribution in [0.4, 0.5) is 0 Å². The van der Waals surface area contributed by atoms with Crippen LogP contribution in [0, 0.1) is 11.8 Å². The second-order valence-electron chi connectivity index (χ2n) is 10.4. The number of aliphatic hydroxyl groups excluding tert-OH is 2. The average molecular weight is 557 g/mol. The number of aliphatic hydroxyl groups is 2. The highest BCUT2D eigenvalue weighted by Crippen LogP contribution is 2.30. The lowest BCUT2D eigenvalue weighted by molar-refractivity contribution is -0.165. The topological polar surface area (TPSA) is 148 Å². The number of carboxylic acid groups (broad SMARTS) is 2. The molecule has 0 bridgehead atoms. The number of hydrogen-bond acceptors (Lipinski definition) is 7. The van der Waals surface area contributed by atoms with Crippen molar-refractivity contribution in [2.75, 3.05) is 19.6 Å². The monoisotopic (exact) mass is 556 g/mol. The number of carbonyl (C=O) groups is 3. The summed E-state index contributed by atoms with van der Waals surface area (Å²) in [6.45, 7) is 9.86. The molecule has 3 rings (SSSR count). The quantitative estimate of drug-likeness (QED) is 0.141. The summed E-state index contributed by atoms with van der Waals surface area (Å²) >= 11 is 0. The number of fused-ring (bicyclic) bond motifs is 1. The van der Waals surface area contributed by atoms with Gasteiger partial charge in [0.1, 0.15) is 0 Å². The Balaban J connectivity index is 0.000000478. The SMILES string of the molecule is C=C[C@H]1CN(CCCCCCCC)CC[C@H]1CCC(=O)c1ccnc2ccccc12.O=C(O)C(O)C(O)C(=O)O. The zero-order chi connectivity index (χ0) is 29.5. The van der Waals surface area contributed by atoms with Gasteiger partial charge in [-0.1, -0.05) is 63.3 Å². The van der Waals surface area contributed by atoms with Gasteiger partial charge in [0.15, 0.2) is 18.0 Å². The summed E-state index contributed by atoms with van der Waals surface area (Å²) in [5.41, 5.74) is 1.71. The van der Waals surface area contributed by atoms with Gasteiger partial charge in [-0.2, -0.15) is 0 Å². The summed E-state index contributed by atoms with van der Waals surface area (Å²) < 4.78 is 0. The van der Waals surface area contributed by atoms with Crippen LogP contribution in [-0.2, 0) is 9.59 Å². The summed E-state index contributed by atoms with van der Waals surface area (Å²) in [6, 6.07) is 9.80. The lowest BCUT2D eigenvalue weighted by atomic mass is 9.81. The number of benzene rings is 1. The molecule has 1 aromatic carbocycles. The fourth-order valence-electron chi connectivity index (χ4n) is 5.11. The predicted octanol–water partition coefficient (Wildman–Crippen LogP) is 4.56. The van der Waals surface area contributed by atoms with Gasteiger partial charge in [0.05, 0.1) is 5.52 Å². The number of ketones is 1. The third kappa shape index (κ3) is 10.4. The maximum atomic E-state index is 12.9. The van der Waals surface area contributed by atoms with Gasteiger partial charge in [0.25, 0.3) is 0 Å². The highest BCUT2D eigenvalue weighted by molar-refractivity contribution is 6.07. The van der Waals surface area contributed by atoms with Gasteiger partial charge in [-0.15, -0.1) is 6.58 Å². The molecule has 0 saturated carbocycles. The number of aliphatic carboxylic acids is 2. The van der Waals surface area contributed by atoms with Gasteiger partial charge < -0.3 is 25.3 Å². The second kappa shape index (κ2) is 17.5. The number of rotatable bonds is 15. The minimum atomic E-state index is -2.27. The summed E-state index contributed by atoms with van der Waals surface area (Å²) in [5.74, 6) is -2.23. The van der Waals surface area contributed by atoms with Crippen molar-refractivity contribution in [1.82, 2.24) is 9.88 Å². The first kappa shape index (κ1) is 33.1. The van der Waals surface area contributed by atoms with E-state index in [4.69, 9.17) is 20.4 Å². The number of para-hydroxylation sites is 1. The van der Waals surface area contributed by atoms with E-state index in [0.717, 1.165) is 36.0 Å². The Morgan fingerprint density at radius 2 is 1.68 bits per heavy atom. The Morgan fingerprint density at radius 1 is 1.02 bits per heavy atom. The number of nitrogens with zero attached hydrogens (tertiary/aromatic N) is 2. The molecule has 1 fully saturated rings. The van der Waals surface area contributed by atoms with Gasteiger partial charge in [-0.25, -0.2) is 9.59 Å². The van der Waals surface area contributed by atoms with Gasteiger partial charge in [-0.3, -0.25) is 9.78 Å². The van der Waals surface area contributed by atoms with E-state index in [-0.39, 0.29) is 5.78 Å². The van der Waals surface area contributed by atoms with Crippen molar-refractivity contribution < 1.29 is 34.8 Å². The van der Waals surface area contributed by atoms with Crippen LogP contribution in [0.25, 0.3) is 10.9 Å². The van der Waals surface area contributed by atoms with Crippen molar-refractivity contribution in [2.45, 2.75) is 76.9 Å². The number of aromatic nitrogens is 1. The molecule has 0 spiro atoms. The molecule has 4 N–H and O–H groups in total. The first-order valence-electron chi connectivity index (χ1n) is 14.2. The smallest absolute Gasteiger partial charge is 0.335 e. The van der Waals surface area contributed by atoms with Gasteiger partial charge in [-0.05, 0) is 56.3 Å². The molecule has 1 saturated heterocycles. The molecule has 0 aliphatic carbocycles. The van der Waals surface area contributed by atoms with E-state index in [0.29, 0.717) is 18.3 Å². The van der Waals surface area contributed by atoms with E-state index in [1.165, 1.54) is 51.5 Å². The summed E-state index contributed by atoms with van der Waals surface area (Å²) in [4.78, 5) is 39.5. The molecule has 4 atom stereocenters. The molecular formula is C31H44N2O7. The van der Waals surface area contributed by atoms with Crippen molar-refractivity contribution in [2.24, 2.45) is 11.8 Å². The molecule has 2 unspecified atom stereocenters. The van der Waals surface area contributed by atoms with Crippen molar-refractivity contribution in [3.8, 4) is 0 Å². The van der Waals surface area contributed by atoms with E-state index in [1.54, 1.807) is 6.20 Å². The molecular weight excluding hydrogens is 512 g/mol. The third-order valence-corrected chi connectivity index (χ3v) is 7.52. The van der Waals surface area contributed by atoms with E-state index in [9.17, 15) is 14.4 Å². The highest BCUT2D eigenvalue weighted by atomic mass is 16.4. The van der Waals surface area contributed by atoms with Crippen LogP contribution in [0.5, 0.6) is 0 Å². The van der Waals surface area contributed by atoms with Crippen LogP contribution in [0.15, 0.2) is 49.2 Å². The van der Waals surface area contributed by atoms with Crippen molar-refractivity contribution in [1.29, 1.82) is 0 Å².